The number of carbonyl (C=O) groups is 1. The van der Waals surface area contributed by atoms with Gasteiger partial charge in [0, 0.05) is 31.9 Å². The molecule has 2 aliphatic rings. The van der Waals surface area contributed by atoms with Gasteiger partial charge < -0.3 is 15.0 Å². The monoisotopic (exact) mass is 425 g/mol. The topological polar surface area (TPSA) is 44.8 Å². The Morgan fingerprint density at radius 3 is 2.45 bits per heavy atom. The highest BCUT2D eigenvalue weighted by atomic mass is 19.1. The van der Waals surface area contributed by atoms with Gasteiger partial charge in [0.1, 0.15) is 17.7 Å². The lowest BCUT2D eigenvalue weighted by Crippen LogP contribution is -2.40. The Hall–Kier alpha value is -2.44. The van der Waals surface area contributed by atoms with Crippen molar-refractivity contribution in [3.05, 3.63) is 59.9 Å². The van der Waals surface area contributed by atoms with Crippen LogP contribution in [0.4, 0.5) is 10.1 Å². The van der Waals surface area contributed by atoms with Crippen LogP contribution in [0.3, 0.4) is 0 Å². The SMILES string of the molecule is CN1CCC(Oc2ccc(NC(=O)C3CCCN(Cc4ccc(F)cc4)C3)cc2)CC1. The second kappa shape index (κ2) is 10.2. The molecule has 2 aromatic carbocycles. The zero-order chi connectivity index (χ0) is 21.6. The molecule has 2 aliphatic heterocycles. The first-order valence-corrected chi connectivity index (χ1v) is 11.3. The van der Waals surface area contributed by atoms with E-state index in [4.69, 9.17) is 4.74 Å². The number of likely N-dealkylation sites (tertiary alicyclic amines) is 2. The molecule has 166 valence electrons. The maximum atomic E-state index is 13.1. The van der Waals surface area contributed by atoms with E-state index in [1.807, 2.05) is 36.4 Å². The van der Waals surface area contributed by atoms with Gasteiger partial charge in [-0.15, -0.1) is 0 Å². The molecular formula is C25H32FN3O2. The second-order valence-corrected chi connectivity index (χ2v) is 8.83. The average Bonchev–Trinajstić information content (AvgIpc) is 2.78. The van der Waals surface area contributed by atoms with Gasteiger partial charge in [-0.3, -0.25) is 9.69 Å². The first kappa shape index (κ1) is 21.8. The number of ether oxygens (including phenoxy) is 1. The summed E-state index contributed by atoms with van der Waals surface area (Å²) in [6, 6.07) is 14.3. The fraction of sp³-hybridized carbons (Fsp3) is 0.480. The molecule has 0 aliphatic carbocycles. The van der Waals surface area contributed by atoms with Crippen LogP contribution in [0.2, 0.25) is 0 Å². The highest BCUT2D eigenvalue weighted by Gasteiger charge is 2.26. The fourth-order valence-electron chi connectivity index (χ4n) is 4.42. The number of piperidine rings is 2. The standard InChI is InChI=1S/C25H32FN3O2/c1-28-15-12-24(13-16-28)31-23-10-8-22(9-11-23)27-25(30)20-3-2-14-29(18-20)17-19-4-6-21(26)7-5-19/h4-11,20,24H,2-3,12-18H2,1H3,(H,27,30). The maximum Gasteiger partial charge on any atom is 0.228 e. The summed E-state index contributed by atoms with van der Waals surface area (Å²) in [4.78, 5) is 17.4. The van der Waals surface area contributed by atoms with Gasteiger partial charge in [-0.05, 0) is 81.2 Å². The molecular weight excluding hydrogens is 393 g/mol. The van der Waals surface area contributed by atoms with E-state index in [-0.39, 0.29) is 23.7 Å². The van der Waals surface area contributed by atoms with E-state index in [1.54, 1.807) is 0 Å². The highest BCUT2D eigenvalue weighted by molar-refractivity contribution is 5.92. The van der Waals surface area contributed by atoms with Crippen molar-refractivity contribution in [2.45, 2.75) is 38.3 Å². The molecule has 2 saturated heterocycles. The van der Waals surface area contributed by atoms with Crippen LogP contribution in [0.5, 0.6) is 5.75 Å². The Balaban J connectivity index is 1.26. The molecule has 0 bridgehead atoms. The molecule has 4 rings (SSSR count). The van der Waals surface area contributed by atoms with E-state index in [1.165, 1.54) is 12.1 Å². The summed E-state index contributed by atoms with van der Waals surface area (Å²) in [5.41, 5.74) is 1.87. The summed E-state index contributed by atoms with van der Waals surface area (Å²) >= 11 is 0. The van der Waals surface area contributed by atoms with Crippen LogP contribution in [0.15, 0.2) is 48.5 Å². The number of amides is 1. The van der Waals surface area contributed by atoms with Gasteiger partial charge in [0.15, 0.2) is 0 Å². The molecule has 0 saturated carbocycles. The van der Waals surface area contributed by atoms with Crippen LogP contribution in [-0.4, -0.2) is 55.0 Å². The van der Waals surface area contributed by atoms with Gasteiger partial charge in [-0.25, -0.2) is 4.39 Å². The number of hydrogen-bond donors (Lipinski definition) is 1. The number of nitrogens with zero attached hydrogens (tertiary/aromatic N) is 2. The molecule has 2 heterocycles. The number of anilines is 1. The third kappa shape index (κ3) is 6.28. The van der Waals surface area contributed by atoms with Crippen molar-refractivity contribution in [2.24, 2.45) is 5.92 Å². The van der Waals surface area contributed by atoms with E-state index in [0.717, 1.165) is 75.4 Å². The number of hydrogen-bond acceptors (Lipinski definition) is 4. The summed E-state index contributed by atoms with van der Waals surface area (Å²) in [6.45, 7) is 4.56. The lowest BCUT2D eigenvalue weighted by molar-refractivity contribution is -0.121. The van der Waals surface area contributed by atoms with Gasteiger partial charge in [0.25, 0.3) is 0 Å². The van der Waals surface area contributed by atoms with Gasteiger partial charge in [0.2, 0.25) is 5.91 Å². The summed E-state index contributed by atoms with van der Waals surface area (Å²) in [7, 11) is 2.14. The van der Waals surface area contributed by atoms with Crippen LogP contribution in [-0.2, 0) is 11.3 Å². The molecule has 31 heavy (non-hydrogen) atoms. The molecule has 1 amide bonds. The number of carbonyl (C=O) groups excluding carboxylic acids is 1. The quantitative estimate of drug-likeness (QED) is 0.755. The molecule has 0 radical (unpaired) electrons. The molecule has 1 atom stereocenters. The van der Waals surface area contributed by atoms with Gasteiger partial charge in [-0.2, -0.15) is 0 Å². The number of benzene rings is 2. The van der Waals surface area contributed by atoms with Crippen LogP contribution >= 0.6 is 0 Å². The molecule has 2 fully saturated rings. The van der Waals surface area contributed by atoms with Crippen molar-refractivity contribution in [1.29, 1.82) is 0 Å². The van der Waals surface area contributed by atoms with Crippen molar-refractivity contribution < 1.29 is 13.9 Å². The molecule has 5 nitrogen and oxygen atoms in total. The highest BCUT2D eigenvalue weighted by Crippen LogP contribution is 2.23. The number of rotatable bonds is 6. The first-order valence-electron chi connectivity index (χ1n) is 11.3. The van der Waals surface area contributed by atoms with Crippen LogP contribution in [0.25, 0.3) is 0 Å². The van der Waals surface area contributed by atoms with Crippen molar-refractivity contribution in [2.75, 3.05) is 38.5 Å². The van der Waals surface area contributed by atoms with E-state index in [0.29, 0.717) is 0 Å². The molecule has 2 aromatic rings. The summed E-state index contributed by atoms with van der Waals surface area (Å²) in [5.74, 6) is 0.662. The van der Waals surface area contributed by atoms with E-state index < -0.39 is 0 Å². The number of nitrogens with one attached hydrogen (secondary N) is 1. The Labute approximate surface area is 184 Å². The van der Waals surface area contributed by atoms with Gasteiger partial charge in [-0.1, -0.05) is 12.1 Å². The Bertz CT molecular complexity index is 848. The van der Waals surface area contributed by atoms with Crippen molar-refractivity contribution in [3.63, 3.8) is 0 Å². The largest absolute Gasteiger partial charge is 0.490 e. The van der Waals surface area contributed by atoms with Crippen LogP contribution in [0, 0.1) is 11.7 Å². The van der Waals surface area contributed by atoms with Gasteiger partial charge in [0.05, 0.1) is 5.92 Å². The normalized spacial score (nSPS) is 21.0. The predicted octanol–water partition coefficient (Wildman–Crippen LogP) is 4.15. The van der Waals surface area contributed by atoms with E-state index in [9.17, 15) is 9.18 Å². The zero-order valence-corrected chi connectivity index (χ0v) is 18.2. The smallest absolute Gasteiger partial charge is 0.228 e. The average molecular weight is 426 g/mol. The second-order valence-electron chi connectivity index (χ2n) is 8.83. The molecule has 1 unspecified atom stereocenters. The Kier molecular flexibility index (Phi) is 7.20. The van der Waals surface area contributed by atoms with Crippen LogP contribution in [0.1, 0.15) is 31.2 Å². The summed E-state index contributed by atoms with van der Waals surface area (Å²) < 4.78 is 19.2. The Morgan fingerprint density at radius 1 is 1.03 bits per heavy atom. The van der Waals surface area contributed by atoms with Crippen molar-refractivity contribution in [3.8, 4) is 5.75 Å². The lowest BCUT2D eigenvalue weighted by Gasteiger charge is -2.32. The van der Waals surface area contributed by atoms with E-state index in [2.05, 4.69) is 22.2 Å². The third-order valence-electron chi connectivity index (χ3n) is 6.29. The zero-order valence-electron chi connectivity index (χ0n) is 18.2. The molecule has 6 heteroatoms. The van der Waals surface area contributed by atoms with E-state index >= 15 is 0 Å². The molecule has 1 N–H and O–H groups in total. The minimum Gasteiger partial charge on any atom is -0.490 e. The minimum atomic E-state index is -0.220. The first-order chi connectivity index (χ1) is 15.0. The minimum absolute atomic E-state index is 0.0376. The summed E-state index contributed by atoms with van der Waals surface area (Å²) in [6.07, 6.45) is 4.24. The fourth-order valence-corrected chi connectivity index (χ4v) is 4.42. The Morgan fingerprint density at radius 2 is 1.74 bits per heavy atom. The van der Waals surface area contributed by atoms with Crippen LogP contribution < -0.4 is 10.1 Å². The molecule has 0 spiro atoms. The maximum absolute atomic E-state index is 13.1. The van der Waals surface area contributed by atoms with Crippen molar-refractivity contribution in [1.82, 2.24) is 9.80 Å². The lowest BCUT2D eigenvalue weighted by atomic mass is 9.96. The van der Waals surface area contributed by atoms with Crippen molar-refractivity contribution >= 4 is 11.6 Å². The summed E-state index contributed by atoms with van der Waals surface area (Å²) in [5, 5.41) is 3.06. The van der Waals surface area contributed by atoms with Gasteiger partial charge >= 0.3 is 0 Å². The number of halogens is 1. The molecule has 0 aromatic heterocycles. The predicted molar refractivity (Wildman–Crippen MR) is 121 cm³/mol. The third-order valence-corrected chi connectivity index (χ3v) is 6.29.